The zero-order chi connectivity index (χ0) is 28.0. The Morgan fingerprint density at radius 2 is 1.13 bits per heavy atom. The Hall–Kier alpha value is -4.92. The fourth-order valence-electron chi connectivity index (χ4n) is 3.12. The second-order valence-electron chi connectivity index (χ2n) is 8.10. The van der Waals surface area contributed by atoms with E-state index < -0.39 is 17.9 Å². The zero-order valence-electron chi connectivity index (χ0n) is 21.4. The zero-order valence-corrected chi connectivity index (χ0v) is 21.4. The third-order valence-corrected chi connectivity index (χ3v) is 5.08. The van der Waals surface area contributed by atoms with Crippen LogP contribution in [0, 0.1) is 0 Å². The van der Waals surface area contributed by atoms with E-state index in [-0.39, 0.29) is 29.6 Å². The summed E-state index contributed by atoms with van der Waals surface area (Å²) in [6.07, 6.45) is 2.61. The van der Waals surface area contributed by atoms with Gasteiger partial charge < -0.3 is 23.7 Å². The molecule has 9 heteroatoms. The number of carbonyl (C=O) groups excluding carboxylic acids is 4. The summed E-state index contributed by atoms with van der Waals surface area (Å²) in [5.41, 5.74) is 0.603. The summed E-state index contributed by atoms with van der Waals surface area (Å²) in [6.45, 7) is 5.76. The molecule has 3 aromatic carbocycles. The van der Waals surface area contributed by atoms with Crippen molar-refractivity contribution in [2.45, 2.75) is 26.2 Å². The van der Waals surface area contributed by atoms with Crippen LogP contribution in [0.15, 0.2) is 85.5 Å². The lowest BCUT2D eigenvalue weighted by Gasteiger charge is -2.09. The fraction of sp³-hybridized carbons (Fsp3) is 0.200. The van der Waals surface area contributed by atoms with E-state index in [1.165, 1.54) is 48.5 Å². The standard InChI is InChI=1S/C30H28O9/c1-3-6-28(32)37-24-13-9-22(10-14-24)30(34)39-26-17-15-25(16-18-26)38-29(33)21-7-11-23(12-8-21)35-19-5-20-36-27(31)4-2/h4,7-18H,2-3,5-6,19-20H2,1H3. The van der Waals surface area contributed by atoms with Crippen LogP contribution < -0.4 is 18.9 Å². The monoisotopic (exact) mass is 532 g/mol. The van der Waals surface area contributed by atoms with E-state index in [4.69, 9.17) is 23.7 Å². The number of hydrogen-bond acceptors (Lipinski definition) is 9. The maximum atomic E-state index is 12.5. The van der Waals surface area contributed by atoms with Crippen LogP contribution in [-0.4, -0.2) is 37.1 Å². The summed E-state index contributed by atoms with van der Waals surface area (Å²) in [6, 6.07) is 18.5. The first-order valence-corrected chi connectivity index (χ1v) is 12.2. The Morgan fingerprint density at radius 1 is 0.667 bits per heavy atom. The Balaban J connectivity index is 1.45. The van der Waals surface area contributed by atoms with E-state index in [0.717, 1.165) is 6.08 Å². The van der Waals surface area contributed by atoms with Gasteiger partial charge in [0.1, 0.15) is 23.0 Å². The third kappa shape index (κ3) is 9.47. The largest absolute Gasteiger partial charge is 0.493 e. The number of benzene rings is 3. The van der Waals surface area contributed by atoms with Crippen LogP contribution in [0.25, 0.3) is 0 Å². The van der Waals surface area contributed by atoms with Crippen molar-refractivity contribution in [3.05, 3.63) is 96.6 Å². The van der Waals surface area contributed by atoms with Gasteiger partial charge in [-0.15, -0.1) is 0 Å². The van der Waals surface area contributed by atoms with Crippen LogP contribution in [0.2, 0.25) is 0 Å². The predicted molar refractivity (Wildman–Crippen MR) is 141 cm³/mol. The van der Waals surface area contributed by atoms with E-state index in [2.05, 4.69) is 6.58 Å². The van der Waals surface area contributed by atoms with Crippen LogP contribution in [0.3, 0.4) is 0 Å². The summed E-state index contributed by atoms with van der Waals surface area (Å²) >= 11 is 0. The number of rotatable bonds is 13. The van der Waals surface area contributed by atoms with Gasteiger partial charge in [0.15, 0.2) is 0 Å². The molecule has 0 aliphatic heterocycles. The molecule has 0 N–H and O–H groups in total. The highest BCUT2D eigenvalue weighted by molar-refractivity contribution is 5.92. The molecular formula is C30H28O9. The summed E-state index contributed by atoms with van der Waals surface area (Å²) in [7, 11) is 0. The van der Waals surface area contributed by atoms with Crippen LogP contribution in [0.1, 0.15) is 46.9 Å². The number of carbonyl (C=O) groups is 4. The molecular weight excluding hydrogens is 504 g/mol. The minimum absolute atomic E-state index is 0.220. The van der Waals surface area contributed by atoms with Crippen LogP contribution >= 0.6 is 0 Å². The minimum Gasteiger partial charge on any atom is -0.493 e. The summed E-state index contributed by atoms with van der Waals surface area (Å²) in [5.74, 6) is -0.539. The van der Waals surface area contributed by atoms with E-state index in [1.807, 2.05) is 6.92 Å². The van der Waals surface area contributed by atoms with E-state index in [1.54, 1.807) is 24.3 Å². The first-order chi connectivity index (χ1) is 18.9. The molecule has 0 saturated heterocycles. The van der Waals surface area contributed by atoms with Crippen molar-refractivity contribution in [1.82, 2.24) is 0 Å². The molecule has 3 aromatic rings. The number of hydrogen-bond donors (Lipinski definition) is 0. The lowest BCUT2D eigenvalue weighted by molar-refractivity contribution is -0.138. The van der Waals surface area contributed by atoms with Crippen molar-refractivity contribution < 1.29 is 42.9 Å². The SMILES string of the molecule is C=CC(=O)OCCCOc1ccc(C(=O)Oc2ccc(OC(=O)c3ccc(OC(=O)CCC)cc3)cc2)cc1. The van der Waals surface area contributed by atoms with Gasteiger partial charge in [-0.3, -0.25) is 4.79 Å². The van der Waals surface area contributed by atoms with Crippen molar-refractivity contribution in [3.8, 4) is 23.0 Å². The lowest BCUT2D eigenvalue weighted by Crippen LogP contribution is -2.10. The molecule has 0 aromatic heterocycles. The predicted octanol–water partition coefficient (Wildman–Crippen LogP) is 5.33. The molecule has 0 radical (unpaired) electrons. The van der Waals surface area contributed by atoms with Crippen LogP contribution in [-0.2, 0) is 14.3 Å². The highest BCUT2D eigenvalue weighted by Gasteiger charge is 2.12. The molecule has 0 amide bonds. The van der Waals surface area contributed by atoms with Gasteiger partial charge >= 0.3 is 23.9 Å². The Morgan fingerprint density at radius 3 is 1.62 bits per heavy atom. The van der Waals surface area contributed by atoms with Gasteiger partial charge in [-0.1, -0.05) is 13.5 Å². The van der Waals surface area contributed by atoms with Gasteiger partial charge in [0.25, 0.3) is 0 Å². The smallest absolute Gasteiger partial charge is 0.343 e. The second-order valence-corrected chi connectivity index (χ2v) is 8.10. The van der Waals surface area contributed by atoms with Gasteiger partial charge in [0.05, 0.1) is 24.3 Å². The molecule has 9 nitrogen and oxygen atoms in total. The maximum Gasteiger partial charge on any atom is 0.343 e. The summed E-state index contributed by atoms with van der Waals surface area (Å²) < 4.78 is 26.3. The number of esters is 4. The van der Waals surface area contributed by atoms with Crippen molar-refractivity contribution in [3.63, 3.8) is 0 Å². The minimum atomic E-state index is -0.591. The number of ether oxygens (including phenoxy) is 5. The van der Waals surface area contributed by atoms with Crippen molar-refractivity contribution in [1.29, 1.82) is 0 Å². The fourth-order valence-corrected chi connectivity index (χ4v) is 3.12. The Bertz CT molecular complexity index is 1280. The average molecular weight is 533 g/mol. The summed E-state index contributed by atoms with van der Waals surface area (Å²) in [5, 5.41) is 0. The van der Waals surface area contributed by atoms with Gasteiger partial charge in [-0.05, 0) is 79.2 Å². The molecule has 0 bridgehead atoms. The molecule has 0 spiro atoms. The van der Waals surface area contributed by atoms with Crippen LogP contribution in [0.5, 0.6) is 23.0 Å². The van der Waals surface area contributed by atoms with Gasteiger partial charge in [-0.2, -0.15) is 0 Å². The van der Waals surface area contributed by atoms with E-state index >= 15 is 0 Å². The first-order valence-electron chi connectivity index (χ1n) is 12.2. The van der Waals surface area contributed by atoms with Gasteiger partial charge in [-0.25, -0.2) is 14.4 Å². The van der Waals surface area contributed by atoms with Gasteiger partial charge in [0, 0.05) is 18.9 Å². The van der Waals surface area contributed by atoms with E-state index in [9.17, 15) is 19.2 Å². The molecule has 0 aliphatic rings. The Kier molecular flexibility index (Phi) is 10.8. The molecule has 39 heavy (non-hydrogen) atoms. The molecule has 0 unspecified atom stereocenters. The molecule has 0 aliphatic carbocycles. The molecule has 0 fully saturated rings. The summed E-state index contributed by atoms with van der Waals surface area (Å²) in [4.78, 5) is 47.4. The van der Waals surface area contributed by atoms with Crippen molar-refractivity contribution in [2.75, 3.05) is 13.2 Å². The highest BCUT2D eigenvalue weighted by Crippen LogP contribution is 2.21. The van der Waals surface area contributed by atoms with Gasteiger partial charge in [0.2, 0.25) is 0 Å². The Labute approximate surface area is 225 Å². The van der Waals surface area contributed by atoms with Crippen molar-refractivity contribution >= 4 is 23.9 Å². The molecule has 0 saturated carbocycles. The molecule has 0 atom stereocenters. The normalized spacial score (nSPS) is 10.2. The average Bonchev–Trinajstić information content (AvgIpc) is 2.94. The van der Waals surface area contributed by atoms with E-state index in [0.29, 0.717) is 42.9 Å². The molecule has 0 heterocycles. The third-order valence-electron chi connectivity index (χ3n) is 5.08. The first kappa shape index (κ1) is 28.6. The highest BCUT2D eigenvalue weighted by atomic mass is 16.5. The molecule has 202 valence electrons. The lowest BCUT2D eigenvalue weighted by atomic mass is 10.2. The van der Waals surface area contributed by atoms with Crippen molar-refractivity contribution in [2.24, 2.45) is 0 Å². The van der Waals surface area contributed by atoms with Crippen LogP contribution in [0.4, 0.5) is 0 Å². The topological polar surface area (TPSA) is 114 Å². The molecule has 3 rings (SSSR count). The second kappa shape index (κ2) is 14.7. The maximum absolute atomic E-state index is 12.5. The quantitative estimate of drug-likeness (QED) is 0.125.